The number of hydrogen-bond donors (Lipinski definition) is 1. The first-order valence-electron chi connectivity index (χ1n) is 9.60. The quantitative estimate of drug-likeness (QED) is 0.855. The van der Waals surface area contributed by atoms with E-state index in [4.69, 9.17) is 4.74 Å². The second-order valence-electron chi connectivity index (χ2n) is 8.15. The van der Waals surface area contributed by atoms with Crippen molar-refractivity contribution in [1.29, 1.82) is 0 Å². The van der Waals surface area contributed by atoms with E-state index in [1.165, 1.54) is 38.5 Å². The Labute approximate surface area is 144 Å². The van der Waals surface area contributed by atoms with Gasteiger partial charge < -0.3 is 9.64 Å². The molecule has 1 spiro atoms. The summed E-state index contributed by atoms with van der Waals surface area (Å²) < 4.78 is 5.85. The minimum Gasteiger partial charge on any atom is -0.369 e. The fourth-order valence-electron chi connectivity index (χ4n) is 5.07. The number of nitrogens with zero attached hydrogens (tertiary/aromatic N) is 2. The van der Waals surface area contributed by atoms with E-state index >= 15 is 0 Å². The van der Waals surface area contributed by atoms with E-state index in [0.717, 1.165) is 37.2 Å². The molecule has 0 radical (unpaired) electrons. The molecular weight excluding hydrogens is 302 g/mol. The van der Waals surface area contributed by atoms with Gasteiger partial charge in [-0.15, -0.1) is 0 Å². The third-order valence-electron chi connectivity index (χ3n) is 6.30. The predicted molar refractivity (Wildman–Crippen MR) is 91.9 cm³/mol. The molecule has 2 aliphatic heterocycles. The molecule has 1 aliphatic carbocycles. The van der Waals surface area contributed by atoms with E-state index in [-0.39, 0.29) is 18.1 Å². The first kappa shape index (κ1) is 16.1. The smallest absolute Gasteiger partial charge is 0.274 e. The van der Waals surface area contributed by atoms with Gasteiger partial charge in [-0.1, -0.05) is 19.3 Å². The van der Waals surface area contributed by atoms with Gasteiger partial charge in [0.05, 0.1) is 17.9 Å². The summed E-state index contributed by atoms with van der Waals surface area (Å²) in [6.45, 7) is 5.90. The number of hydrogen-bond acceptors (Lipinski definition) is 3. The van der Waals surface area contributed by atoms with Crippen LogP contribution in [0.5, 0.6) is 0 Å². The Hall–Kier alpha value is -1.36. The molecule has 24 heavy (non-hydrogen) atoms. The van der Waals surface area contributed by atoms with E-state index < -0.39 is 0 Å². The molecule has 0 unspecified atom stereocenters. The van der Waals surface area contributed by atoms with Crippen LogP contribution in [-0.2, 0) is 11.2 Å². The molecule has 1 aromatic heterocycles. The summed E-state index contributed by atoms with van der Waals surface area (Å²) in [4.78, 5) is 15.3. The number of carbonyl (C=O) groups is 1. The van der Waals surface area contributed by atoms with E-state index in [0.29, 0.717) is 11.1 Å². The Morgan fingerprint density at radius 3 is 2.67 bits per heavy atom. The summed E-state index contributed by atoms with van der Waals surface area (Å²) in [5.41, 5.74) is 3.09. The molecule has 3 aliphatic rings. The standard InChI is InChI=1S/C19H29N3O2/c1-13-11-15-16(14(2)24-13)20-21-17(15)18(23)22-10-6-5-9-19(12-22)7-3-4-8-19/h13-14H,3-12H2,1-2H3,(H,20,21)/t13-,14+/m1/s1. The molecule has 1 saturated carbocycles. The van der Waals surface area contributed by atoms with E-state index in [2.05, 4.69) is 22.0 Å². The van der Waals surface area contributed by atoms with Gasteiger partial charge in [0.1, 0.15) is 0 Å². The fourth-order valence-corrected chi connectivity index (χ4v) is 5.07. The highest BCUT2D eigenvalue weighted by atomic mass is 16.5. The molecule has 0 aromatic carbocycles. The van der Waals surface area contributed by atoms with Crippen LogP contribution in [-0.4, -0.2) is 40.2 Å². The monoisotopic (exact) mass is 331 g/mol. The second-order valence-corrected chi connectivity index (χ2v) is 8.15. The lowest BCUT2D eigenvalue weighted by atomic mass is 9.81. The lowest BCUT2D eigenvalue weighted by molar-refractivity contribution is -0.00703. The summed E-state index contributed by atoms with van der Waals surface area (Å²) in [5.74, 6) is 0.127. The third kappa shape index (κ3) is 2.77. The van der Waals surface area contributed by atoms with Gasteiger partial charge >= 0.3 is 0 Å². The topological polar surface area (TPSA) is 58.2 Å². The maximum absolute atomic E-state index is 13.2. The van der Waals surface area contributed by atoms with Gasteiger partial charge in [0, 0.05) is 25.1 Å². The Bertz CT molecular complexity index is 618. The number of aromatic nitrogens is 2. The van der Waals surface area contributed by atoms with E-state index in [1.807, 2.05) is 6.92 Å². The molecule has 1 N–H and O–H groups in total. The minimum atomic E-state index is -0.0110. The number of amides is 1. The molecule has 3 heterocycles. The molecule has 0 bridgehead atoms. The average molecular weight is 331 g/mol. The number of aromatic amines is 1. The van der Waals surface area contributed by atoms with Gasteiger partial charge in [0.2, 0.25) is 0 Å². The van der Waals surface area contributed by atoms with Crippen LogP contribution in [0.4, 0.5) is 0 Å². The Kier molecular flexibility index (Phi) is 4.15. The summed E-state index contributed by atoms with van der Waals surface area (Å²) in [5, 5.41) is 7.48. The Balaban J connectivity index is 1.59. The SMILES string of the molecule is C[C@@H]1Cc2c(C(=O)N3CCCCC4(CCCC4)C3)n[nH]c2[C@H](C)O1. The predicted octanol–water partition coefficient (Wildman–Crippen LogP) is 3.62. The van der Waals surface area contributed by atoms with Crippen molar-refractivity contribution in [3.8, 4) is 0 Å². The largest absolute Gasteiger partial charge is 0.369 e. The zero-order chi connectivity index (χ0) is 16.7. The molecule has 5 nitrogen and oxygen atoms in total. The van der Waals surface area contributed by atoms with Crippen molar-refractivity contribution in [3.05, 3.63) is 17.0 Å². The summed E-state index contributed by atoms with van der Waals surface area (Å²) in [6.07, 6.45) is 9.80. The highest BCUT2D eigenvalue weighted by Gasteiger charge is 2.39. The van der Waals surface area contributed by atoms with Crippen LogP contribution in [0, 0.1) is 5.41 Å². The van der Waals surface area contributed by atoms with E-state index in [9.17, 15) is 4.79 Å². The van der Waals surface area contributed by atoms with Gasteiger partial charge in [0.15, 0.2) is 5.69 Å². The molecule has 2 atom stereocenters. The van der Waals surface area contributed by atoms with Gasteiger partial charge in [-0.25, -0.2) is 0 Å². The van der Waals surface area contributed by atoms with Crippen molar-refractivity contribution < 1.29 is 9.53 Å². The first-order valence-corrected chi connectivity index (χ1v) is 9.60. The van der Waals surface area contributed by atoms with Crippen molar-refractivity contribution in [3.63, 3.8) is 0 Å². The van der Waals surface area contributed by atoms with Crippen molar-refractivity contribution in [2.24, 2.45) is 5.41 Å². The first-order chi connectivity index (χ1) is 11.6. The van der Waals surface area contributed by atoms with Crippen molar-refractivity contribution in [1.82, 2.24) is 15.1 Å². The van der Waals surface area contributed by atoms with Crippen LogP contribution < -0.4 is 0 Å². The van der Waals surface area contributed by atoms with Crippen molar-refractivity contribution in [2.75, 3.05) is 13.1 Å². The van der Waals surface area contributed by atoms with Crippen molar-refractivity contribution in [2.45, 2.75) is 77.4 Å². The summed E-state index contributed by atoms with van der Waals surface area (Å²) in [7, 11) is 0. The summed E-state index contributed by atoms with van der Waals surface area (Å²) >= 11 is 0. The highest BCUT2D eigenvalue weighted by molar-refractivity contribution is 5.94. The normalized spacial score (nSPS) is 29.5. The van der Waals surface area contributed by atoms with Gasteiger partial charge in [0.25, 0.3) is 5.91 Å². The third-order valence-corrected chi connectivity index (χ3v) is 6.30. The highest BCUT2D eigenvalue weighted by Crippen LogP contribution is 2.44. The molecule has 1 amide bonds. The molecule has 5 heteroatoms. The molecular formula is C19H29N3O2. The lowest BCUT2D eigenvalue weighted by Crippen LogP contribution is -2.39. The number of fused-ring (bicyclic) bond motifs is 1. The lowest BCUT2D eigenvalue weighted by Gasteiger charge is -2.33. The van der Waals surface area contributed by atoms with E-state index in [1.54, 1.807) is 0 Å². The number of rotatable bonds is 1. The number of nitrogens with one attached hydrogen (secondary N) is 1. The molecule has 1 saturated heterocycles. The second kappa shape index (κ2) is 6.17. The molecule has 132 valence electrons. The van der Waals surface area contributed by atoms with Gasteiger partial charge in [-0.05, 0) is 44.9 Å². The summed E-state index contributed by atoms with van der Waals surface area (Å²) in [6, 6.07) is 0. The maximum atomic E-state index is 13.2. The zero-order valence-electron chi connectivity index (χ0n) is 14.9. The van der Waals surface area contributed by atoms with Gasteiger partial charge in [-0.3, -0.25) is 9.89 Å². The average Bonchev–Trinajstić information content (AvgIpc) is 3.11. The maximum Gasteiger partial charge on any atom is 0.274 e. The molecule has 2 fully saturated rings. The van der Waals surface area contributed by atoms with Crippen LogP contribution in [0.15, 0.2) is 0 Å². The Morgan fingerprint density at radius 2 is 1.92 bits per heavy atom. The fraction of sp³-hybridized carbons (Fsp3) is 0.789. The number of carbonyl (C=O) groups excluding carboxylic acids is 1. The number of ether oxygens (including phenoxy) is 1. The molecule has 4 rings (SSSR count). The minimum absolute atomic E-state index is 0.0110. The molecule has 1 aromatic rings. The Morgan fingerprint density at radius 1 is 1.21 bits per heavy atom. The van der Waals surface area contributed by atoms with Crippen LogP contribution in [0.1, 0.15) is 86.6 Å². The number of likely N-dealkylation sites (tertiary alicyclic amines) is 1. The van der Waals surface area contributed by atoms with Crippen molar-refractivity contribution >= 4 is 5.91 Å². The zero-order valence-corrected chi connectivity index (χ0v) is 14.9. The van der Waals surface area contributed by atoms with Gasteiger partial charge in [-0.2, -0.15) is 5.10 Å². The number of H-pyrrole nitrogens is 1. The van der Waals surface area contributed by atoms with Crippen LogP contribution in [0.2, 0.25) is 0 Å². The van der Waals surface area contributed by atoms with Crippen LogP contribution in [0.3, 0.4) is 0 Å². The van der Waals surface area contributed by atoms with Crippen LogP contribution in [0.25, 0.3) is 0 Å². The van der Waals surface area contributed by atoms with Crippen LogP contribution >= 0.6 is 0 Å².